The van der Waals surface area contributed by atoms with Crippen LogP contribution in [-0.4, -0.2) is 25.0 Å². The van der Waals surface area contributed by atoms with E-state index >= 15 is 0 Å². The molecule has 0 fully saturated rings. The van der Waals surface area contributed by atoms with Gasteiger partial charge in [-0.25, -0.2) is 9.98 Å². The lowest BCUT2D eigenvalue weighted by Crippen LogP contribution is -2.22. The van der Waals surface area contributed by atoms with Crippen molar-refractivity contribution in [2.45, 2.75) is 20.4 Å². The van der Waals surface area contributed by atoms with Gasteiger partial charge in [0.2, 0.25) is 0 Å². The van der Waals surface area contributed by atoms with Crippen LogP contribution in [0.4, 0.5) is 11.5 Å². The van der Waals surface area contributed by atoms with Crippen LogP contribution in [0.2, 0.25) is 0 Å². The quantitative estimate of drug-likeness (QED) is 0.556. The number of para-hydroxylation sites is 1. The number of nitrogens with two attached hydrogens (primary N) is 1. The Morgan fingerprint density at radius 3 is 2.58 bits per heavy atom. The topological polar surface area (TPSA) is 66.5 Å². The highest BCUT2D eigenvalue weighted by molar-refractivity contribution is 5.92. The molecule has 134 valence electrons. The second kappa shape index (κ2) is 7.44. The Morgan fingerprint density at radius 1 is 1.08 bits per heavy atom. The van der Waals surface area contributed by atoms with Gasteiger partial charge < -0.3 is 16.0 Å². The molecule has 0 unspecified atom stereocenters. The van der Waals surface area contributed by atoms with E-state index in [9.17, 15) is 0 Å². The van der Waals surface area contributed by atoms with Crippen LogP contribution >= 0.6 is 0 Å². The molecule has 0 aliphatic rings. The van der Waals surface area contributed by atoms with Gasteiger partial charge in [-0.15, -0.1) is 0 Å². The first-order valence-electron chi connectivity index (χ1n) is 8.64. The average Bonchev–Trinajstić information content (AvgIpc) is 2.62. The van der Waals surface area contributed by atoms with Gasteiger partial charge in [0.1, 0.15) is 5.82 Å². The van der Waals surface area contributed by atoms with E-state index in [0.29, 0.717) is 12.5 Å². The summed E-state index contributed by atoms with van der Waals surface area (Å²) in [7, 11) is 3.97. The minimum Gasteiger partial charge on any atom is -0.370 e. The molecule has 2 aromatic carbocycles. The van der Waals surface area contributed by atoms with E-state index in [0.717, 1.165) is 28.0 Å². The fraction of sp³-hybridized carbons (Fsp3) is 0.238. The van der Waals surface area contributed by atoms with Crippen molar-refractivity contribution in [1.82, 2.24) is 4.98 Å². The largest absolute Gasteiger partial charge is 0.370 e. The van der Waals surface area contributed by atoms with Gasteiger partial charge >= 0.3 is 0 Å². The average molecular weight is 347 g/mol. The van der Waals surface area contributed by atoms with Crippen LogP contribution < -0.4 is 16.0 Å². The predicted molar refractivity (Wildman–Crippen MR) is 111 cm³/mol. The normalized spacial score (nSPS) is 11.6. The van der Waals surface area contributed by atoms with E-state index in [2.05, 4.69) is 53.4 Å². The molecule has 3 rings (SSSR count). The Balaban J connectivity index is 1.85. The summed E-state index contributed by atoms with van der Waals surface area (Å²) in [5, 5.41) is 4.27. The first kappa shape index (κ1) is 17.7. The number of hydrogen-bond donors (Lipinski definition) is 2. The molecule has 0 spiro atoms. The first-order chi connectivity index (χ1) is 12.4. The van der Waals surface area contributed by atoms with Crippen LogP contribution in [0.25, 0.3) is 10.9 Å². The summed E-state index contributed by atoms with van der Waals surface area (Å²) in [4.78, 5) is 11.2. The molecule has 0 bridgehead atoms. The second-order valence-corrected chi connectivity index (χ2v) is 6.68. The smallest absolute Gasteiger partial charge is 0.193 e. The second-order valence-electron chi connectivity index (χ2n) is 6.68. The van der Waals surface area contributed by atoms with Gasteiger partial charge in [-0.2, -0.15) is 0 Å². The van der Waals surface area contributed by atoms with Crippen molar-refractivity contribution in [3.63, 3.8) is 0 Å². The van der Waals surface area contributed by atoms with E-state index in [1.54, 1.807) is 0 Å². The van der Waals surface area contributed by atoms with E-state index in [1.807, 2.05) is 43.3 Å². The molecular formula is C21H25N5. The van der Waals surface area contributed by atoms with Crippen LogP contribution in [0.5, 0.6) is 0 Å². The van der Waals surface area contributed by atoms with Crippen molar-refractivity contribution in [2.24, 2.45) is 10.7 Å². The zero-order valence-corrected chi connectivity index (χ0v) is 15.7. The lowest BCUT2D eigenvalue weighted by atomic mass is 10.1. The van der Waals surface area contributed by atoms with Crippen molar-refractivity contribution in [2.75, 3.05) is 24.3 Å². The Hall–Kier alpha value is -3.08. The number of benzene rings is 2. The number of aliphatic imine (C=N–C) groups is 1. The number of anilines is 2. The zero-order chi connectivity index (χ0) is 18.7. The summed E-state index contributed by atoms with van der Waals surface area (Å²) in [6, 6.07) is 16.3. The summed E-state index contributed by atoms with van der Waals surface area (Å²) >= 11 is 0. The summed E-state index contributed by atoms with van der Waals surface area (Å²) in [6.07, 6.45) is 0. The standard InChI is InChI=1S/C21H25N5/c1-14-9-10-17(11-15(14)2)24-21(22)23-13-16-12-20(26(3)4)25-19-8-6-5-7-18(16)19/h5-12H,13H2,1-4H3,(H3,22,23,24). The van der Waals surface area contributed by atoms with E-state index in [4.69, 9.17) is 5.73 Å². The summed E-state index contributed by atoms with van der Waals surface area (Å²) in [5.41, 5.74) is 11.6. The number of nitrogens with zero attached hydrogens (tertiary/aromatic N) is 3. The number of fused-ring (bicyclic) bond motifs is 1. The lowest BCUT2D eigenvalue weighted by molar-refractivity contribution is 1.04. The molecule has 3 N–H and O–H groups in total. The van der Waals surface area contributed by atoms with Crippen molar-refractivity contribution in [3.05, 3.63) is 65.2 Å². The third kappa shape index (κ3) is 3.94. The number of aryl methyl sites for hydroxylation is 2. The van der Waals surface area contributed by atoms with Crippen LogP contribution in [0.15, 0.2) is 53.5 Å². The fourth-order valence-electron chi connectivity index (χ4n) is 2.77. The molecule has 3 aromatic rings. The molecule has 1 heterocycles. The zero-order valence-electron chi connectivity index (χ0n) is 15.7. The lowest BCUT2D eigenvalue weighted by Gasteiger charge is -2.14. The fourth-order valence-corrected chi connectivity index (χ4v) is 2.77. The van der Waals surface area contributed by atoms with Crippen LogP contribution in [0.3, 0.4) is 0 Å². The molecule has 0 saturated carbocycles. The predicted octanol–water partition coefficient (Wildman–Crippen LogP) is 3.84. The molecule has 0 saturated heterocycles. The Morgan fingerprint density at radius 2 is 1.85 bits per heavy atom. The summed E-state index contributed by atoms with van der Waals surface area (Å²) < 4.78 is 0. The van der Waals surface area contributed by atoms with Gasteiger partial charge in [-0.1, -0.05) is 24.3 Å². The van der Waals surface area contributed by atoms with Gasteiger partial charge in [0.25, 0.3) is 0 Å². The van der Waals surface area contributed by atoms with Gasteiger partial charge in [-0.3, -0.25) is 0 Å². The Labute approximate surface area is 154 Å². The van der Waals surface area contributed by atoms with Crippen molar-refractivity contribution in [1.29, 1.82) is 0 Å². The van der Waals surface area contributed by atoms with Gasteiger partial charge in [-0.05, 0) is 54.8 Å². The maximum atomic E-state index is 6.10. The Kier molecular flexibility index (Phi) is 5.07. The highest BCUT2D eigenvalue weighted by Gasteiger charge is 2.07. The third-order valence-corrected chi connectivity index (χ3v) is 4.45. The van der Waals surface area contributed by atoms with Gasteiger partial charge in [0.15, 0.2) is 5.96 Å². The Bertz CT molecular complexity index is 960. The molecule has 5 heteroatoms. The van der Waals surface area contributed by atoms with Crippen molar-refractivity contribution >= 4 is 28.4 Å². The highest BCUT2D eigenvalue weighted by atomic mass is 15.1. The van der Waals surface area contributed by atoms with E-state index in [-0.39, 0.29) is 0 Å². The van der Waals surface area contributed by atoms with Crippen LogP contribution in [-0.2, 0) is 6.54 Å². The third-order valence-electron chi connectivity index (χ3n) is 4.45. The van der Waals surface area contributed by atoms with Crippen LogP contribution in [0, 0.1) is 13.8 Å². The van der Waals surface area contributed by atoms with Crippen molar-refractivity contribution < 1.29 is 0 Å². The van der Waals surface area contributed by atoms with Gasteiger partial charge in [0.05, 0.1) is 12.1 Å². The number of aromatic nitrogens is 1. The molecule has 5 nitrogen and oxygen atoms in total. The molecule has 1 aromatic heterocycles. The number of nitrogens with one attached hydrogen (secondary N) is 1. The molecule has 0 atom stereocenters. The first-order valence-corrected chi connectivity index (χ1v) is 8.64. The molecule has 0 radical (unpaired) electrons. The highest BCUT2D eigenvalue weighted by Crippen LogP contribution is 2.23. The SMILES string of the molecule is Cc1ccc(NC(N)=NCc2cc(N(C)C)nc3ccccc23)cc1C. The minimum absolute atomic E-state index is 0.403. The maximum absolute atomic E-state index is 6.10. The number of rotatable bonds is 4. The van der Waals surface area contributed by atoms with Crippen LogP contribution in [0.1, 0.15) is 16.7 Å². The maximum Gasteiger partial charge on any atom is 0.193 e. The number of guanidine groups is 1. The van der Waals surface area contributed by atoms with Gasteiger partial charge in [0, 0.05) is 25.2 Å². The number of pyridine rings is 1. The summed E-state index contributed by atoms with van der Waals surface area (Å²) in [5.74, 6) is 1.31. The van der Waals surface area contributed by atoms with E-state index in [1.165, 1.54) is 11.1 Å². The molecule has 0 aliphatic heterocycles. The van der Waals surface area contributed by atoms with Crippen molar-refractivity contribution in [3.8, 4) is 0 Å². The molecule has 0 amide bonds. The van der Waals surface area contributed by atoms with E-state index < -0.39 is 0 Å². The number of hydrogen-bond acceptors (Lipinski definition) is 3. The minimum atomic E-state index is 0.403. The molecular weight excluding hydrogens is 322 g/mol. The molecule has 26 heavy (non-hydrogen) atoms. The monoisotopic (exact) mass is 347 g/mol. The summed E-state index contributed by atoms with van der Waals surface area (Å²) in [6.45, 7) is 4.67. The molecule has 0 aliphatic carbocycles.